The van der Waals surface area contributed by atoms with Crippen molar-refractivity contribution in [1.82, 2.24) is 4.90 Å². The number of nitrogens with zero attached hydrogens (tertiary/aromatic N) is 1. The number of sulfone groups is 1. The van der Waals surface area contributed by atoms with Gasteiger partial charge in [-0.3, -0.25) is 4.90 Å². The van der Waals surface area contributed by atoms with E-state index in [-0.39, 0.29) is 17.4 Å². The van der Waals surface area contributed by atoms with Crippen molar-refractivity contribution in [2.24, 2.45) is 5.92 Å². The van der Waals surface area contributed by atoms with E-state index in [1.54, 1.807) is 0 Å². The molecule has 1 aliphatic heterocycles. The Kier molecular flexibility index (Phi) is 6.92. The molecule has 6 heteroatoms. The molecule has 1 atom stereocenters. The van der Waals surface area contributed by atoms with Gasteiger partial charge in [-0.15, -0.1) is 0 Å². The Hall–Kier alpha value is -1.27. The van der Waals surface area contributed by atoms with E-state index < -0.39 is 9.84 Å². The van der Waals surface area contributed by atoms with Crippen molar-refractivity contribution < 1.29 is 17.9 Å². The number of ether oxygens (including phenoxy) is 2. The fourth-order valence-corrected chi connectivity index (χ4v) is 4.75. The second-order valence-electron chi connectivity index (χ2n) is 6.48. The van der Waals surface area contributed by atoms with Gasteiger partial charge in [-0.25, -0.2) is 8.42 Å². The number of para-hydroxylation sites is 1. The van der Waals surface area contributed by atoms with E-state index in [1.165, 1.54) is 0 Å². The fourth-order valence-electron chi connectivity index (χ4n) is 3.08. The van der Waals surface area contributed by atoms with Crippen LogP contribution in [0.2, 0.25) is 0 Å². The molecule has 0 saturated carbocycles. The lowest BCUT2D eigenvalue weighted by atomic mass is 10.1. The average molecular weight is 356 g/mol. The van der Waals surface area contributed by atoms with Crippen LogP contribution < -0.4 is 9.47 Å². The van der Waals surface area contributed by atoms with Gasteiger partial charge >= 0.3 is 0 Å². The monoisotopic (exact) mass is 355 g/mol. The van der Waals surface area contributed by atoms with Crippen molar-refractivity contribution in [3.05, 3.63) is 23.8 Å². The average Bonchev–Trinajstić information content (AvgIpc) is 2.64. The Bertz CT molecular complexity index is 630. The van der Waals surface area contributed by atoms with Gasteiger partial charge in [0.15, 0.2) is 21.3 Å². The molecule has 1 heterocycles. The zero-order valence-electron chi connectivity index (χ0n) is 15.0. The third-order valence-corrected chi connectivity index (χ3v) is 5.91. The third kappa shape index (κ3) is 5.38. The van der Waals surface area contributed by atoms with E-state index in [9.17, 15) is 8.42 Å². The van der Waals surface area contributed by atoms with Crippen molar-refractivity contribution in [3.63, 3.8) is 0 Å². The highest BCUT2D eigenvalue weighted by Gasteiger charge is 2.25. The highest BCUT2D eigenvalue weighted by molar-refractivity contribution is 7.91. The zero-order valence-corrected chi connectivity index (χ0v) is 15.8. The Morgan fingerprint density at radius 3 is 2.75 bits per heavy atom. The normalized spacial score (nSPS) is 21.2. The standard InChI is InChI=1S/C18H29NO4S/c1-4-10-23-18-16(7-6-8-17(18)22-5-2)13-19-9-11-24(20,21)14-15(3)12-19/h6-8,15H,4-5,9-14H2,1-3H3. The Labute approximate surface area is 145 Å². The number of benzene rings is 1. The van der Waals surface area contributed by atoms with Crippen LogP contribution in [0, 0.1) is 5.92 Å². The van der Waals surface area contributed by atoms with Crippen molar-refractivity contribution in [2.45, 2.75) is 33.7 Å². The van der Waals surface area contributed by atoms with Gasteiger partial charge in [0.1, 0.15) is 0 Å². The molecule has 2 rings (SSSR count). The van der Waals surface area contributed by atoms with E-state index in [0.717, 1.165) is 30.0 Å². The van der Waals surface area contributed by atoms with E-state index in [4.69, 9.17) is 9.47 Å². The number of hydrogen-bond donors (Lipinski definition) is 0. The number of rotatable bonds is 7. The summed E-state index contributed by atoms with van der Waals surface area (Å²) in [5, 5.41) is 0. The van der Waals surface area contributed by atoms with Gasteiger partial charge in [0, 0.05) is 25.2 Å². The smallest absolute Gasteiger partial charge is 0.165 e. The molecule has 1 aliphatic rings. The molecule has 136 valence electrons. The third-order valence-electron chi connectivity index (χ3n) is 4.03. The van der Waals surface area contributed by atoms with Gasteiger partial charge in [-0.1, -0.05) is 26.0 Å². The molecule has 0 aromatic heterocycles. The Morgan fingerprint density at radius 1 is 1.25 bits per heavy atom. The van der Waals surface area contributed by atoms with Crippen LogP contribution in [0.3, 0.4) is 0 Å². The van der Waals surface area contributed by atoms with Crippen molar-refractivity contribution >= 4 is 9.84 Å². The quantitative estimate of drug-likeness (QED) is 0.753. The molecule has 1 aromatic carbocycles. The SMILES string of the molecule is CCCOc1c(CN2CCS(=O)(=O)CC(C)C2)cccc1OCC. The molecule has 1 aromatic rings. The molecule has 0 amide bonds. The number of hydrogen-bond acceptors (Lipinski definition) is 5. The van der Waals surface area contributed by atoms with Crippen LogP contribution in [0.4, 0.5) is 0 Å². The maximum atomic E-state index is 12.0. The minimum atomic E-state index is -2.93. The summed E-state index contributed by atoms with van der Waals surface area (Å²) in [6.45, 7) is 9.29. The summed E-state index contributed by atoms with van der Waals surface area (Å²) in [4.78, 5) is 2.21. The summed E-state index contributed by atoms with van der Waals surface area (Å²) in [5.74, 6) is 2.21. The summed E-state index contributed by atoms with van der Waals surface area (Å²) >= 11 is 0. The fraction of sp³-hybridized carbons (Fsp3) is 0.667. The van der Waals surface area contributed by atoms with Crippen LogP contribution in [-0.4, -0.2) is 51.1 Å². The maximum absolute atomic E-state index is 12.0. The summed E-state index contributed by atoms with van der Waals surface area (Å²) in [6.07, 6.45) is 0.929. The van der Waals surface area contributed by atoms with Crippen LogP contribution in [0.1, 0.15) is 32.8 Å². The second-order valence-corrected chi connectivity index (χ2v) is 8.71. The predicted octanol–water partition coefficient (Wildman–Crippen LogP) is 2.74. The Morgan fingerprint density at radius 2 is 2.04 bits per heavy atom. The largest absolute Gasteiger partial charge is 0.490 e. The lowest BCUT2D eigenvalue weighted by molar-refractivity contribution is 0.241. The lowest BCUT2D eigenvalue weighted by Crippen LogP contribution is -2.29. The van der Waals surface area contributed by atoms with Gasteiger partial charge in [0.2, 0.25) is 0 Å². The summed E-state index contributed by atoms with van der Waals surface area (Å²) in [5.41, 5.74) is 1.06. The summed E-state index contributed by atoms with van der Waals surface area (Å²) < 4.78 is 35.6. The van der Waals surface area contributed by atoms with Gasteiger partial charge < -0.3 is 9.47 Å². The first kappa shape index (κ1) is 19.1. The van der Waals surface area contributed by atoms with Crippen LogP contribution in [0.25, 0.3) is 0 Å². The first-order valence-corrected chi connectivity index (χ1v) is 10.6. The molecule has 0 bridgehead atoms. The van der Waals surface area contributed by atoms with Gasteiger partial charge in [-0.2, -0.15) is 0 Å². The van der Waals surface area contributed by atoms with E-state index in [1.807, 2.05) is 32.0 Å². The Balaban J connectivity index is 2.19. The van der Waals surface area contributed by atoms with Crippen molar-refractivity contribution in [1.29, 1.82) is 0 Å². The zero-order chi connectivity index (χ0) is 17.6. The van der Waals surface area contributed by atoms with Crippen LogP contribution in [0.5, 0.6) is 11.5 Å². The lowest BCUT2D eigenvalue weighted by Gasteiger charge is -2.24. The highest BCUT2D eigenvalue weighted by Crippen LogP contribution is 2.33. The molecule has 24 heavy (non-hydrogen) atoms. The summed E-state index contributed by atoms with van der Waals surface area (Å²) in [6, 6.07) is 5.93. The predicted molar refractivity (Wildman–Crippen MR) is 96.5 cm³/mol. The van der Waals surface area contributed by atoms with Crippen LogP contribution in [-0.2, 0) is 16.4 Å². The second kappa shape index (κ2) is 8.72. The van der Waals surface area contributed by atoms with Crippen molar-refractivity contribution in [3.8, 4) is 11.5 Å². The molecular weight excluding hydrogens is 326 g/mol. The van der Waals surface area contributed by atoms with Gasteiger partial charge in [0.25, 0.3) is 0 Å². The summed E-state index contributed by atoms with van der Waals surface area (Å²) in [7, 11) is -2.93. The topological polar surface area (TPSA) is 55.8 Å². The molecule has 0 spiro atoms. The molecule has 5 nitrogen and oxygen atoms in total. The minimum absolute atomic E-state index is 0.146. The molecule has 0 aliphatic carbocycles. The van der Waals surface area contributed by atoms with E-state index >= 15 is 0 Å². The maximum Gasteiger partial charge on any atom is 0.165 e. The van der Waals surface area contributed by atoms with E-state index in [2.05, 4.69) is 11.8 Å². The van der Waals surface area contributed by atoms with Gasteiger partial charge in [0.05, 0.1) is 24.7 Å². The van der Waals surface area contributed by atoms with Crippen LogP contribution in [0.15, 0.2) is 18.2 Å². The minimum Gasteiger partial charge on any atom is -0.490 e. The van der Waals surface area contributed by atoms with E-state index in [0.29, 0.717) is 26.3 Å². The molecule has 0 N–H and O–H groups in total. The van der Waals surface area contributed by atoms with Gasteiger partial charge in [-0.05, 0) is 25.3 Å². The van der Waals surface area contributed by atoms with Crippen LogP contribution >= 0.6 is 0 Å². The molecule has 1 saturated heterocycles. The highest BCUT2D eigenvalue weighted by atomic mass is 32.2. The first-order chi connectivity index (χ1) is 11.4. The molecule has 0 radical (unpaired) electrons. The molecule has 1 unspecified atom stereocenters. The first-order valence-electron chi connectivity index (χ1n) is 8.75. The molecule has 1 fully saturated rings. The van der Waals surface area contributed by atoms with Crippen molar-refractivity contribution in [2.75, 3.05) is 37.8 Å². The molecular formula is C18H29NO4S.